The first kappa shape index (κ1) is 22.4. The molecular formula is C23H27ClF3N. The maximum atomic E-state index is 11.6. The lowest BCUT2D eigenvalue weighted by atomic mass is 9.87. The van der Waals surface area contributed by atoms with E-state index in [-0.39, 0.29) is 5.70 Å². The molecule has 28 heavy (non-hydrogen) atoms. The Labute approximate surface area is 170 Å². The van der Waals surface area contributed by atoms with Gasteiger partial charge in [-0.2, -0.15) is 13.2 Å². The van der Waals surface area contributed by atoms with E-state index in [1.165, 1.54) is 42.0 Å². The van der Waals surface area contributed by atoms with Crippen molar-refractivity contribution in [3.8, 4) is 11.1 Å². The Morgan fingerprint density at radius 3 is 1.89 bits per heavy atom. The van der Waals surface area contributed by atoms with E-state index in [0.29, 0.717) is 5.92 Å². The normalized spacial score (nSPS) is 15.0. The summed E-state index contributed by atoms with van der Waals surface area (Å²) in [5.74, 6) is 1.39. The van der Waals surface area contributed by atoms with Gasteiger partial charge in [0, 0.05) is 11.6 Å². The molecule has 3 rings (SSSR count). The van der Waals surface area contributed by atoms with Gasteiger partial charge in [0.1, 0.15) is 0 Å². The van der Waals surface area contributed by atoms with Crippen molar-refractivity contribution in [1.82, 2.24) is 5.32 Å². The van der Waals surface area contributed by atoms with Crippen LogP contribution in [0.4, 0.5) is 13.2 Å². The number of alkyl halides is 4. The van der Waals surface area contributed by atoms with E-state index >= 15 is 0 Å². The molecule has 0 spiro atoms. The van der Waals surface area contributed by atoms with Crippen LogP contribution >= 0.6 is 11.6 Å². The molecular weight excluding hydrogens is 383 g/mol. The molecule has 0 saturated heterocycles. The Morgan fingerprint density at radius 1 is 1.07 bits per heavy atom. The number of benzene rings is 2. The van der Waals surface area contributed by atoms with Gasteiger partial charge in [0.15, 0.2) is 5.50 Å². The lowest BCUT2D eigenvalue weighted by Gasteiger charge is -2.17. The van der Waals surface area contributed by atoms with Gasteiger partial charge in [-0.1, -0.05) is 87.0 Å². The highest BCUT2D eigenvalue weighted by molar-refractivity contribution is 6.21. The van der Waals surface area contributed by atoms with Gasteiger partial charge in [-0.05, 0) is 41.5 Å². The van der Waals surface area contributed by atoms with Gasteiger partial charge in [-0.15, -0.1) is 0 Å². The van der Waals surface area contributed by atoms with Crippen LogP contribution in [-0.2, 0) is 0 Å². The van der Waals surface area contributed by atoms with Gasteiger partial charge in [0.2, 0.25) is 0 Å². The van der Waals surface area contributed by atoms with Crippen LogP contribution in [0.2, 0.25) is 0 Å². The molecule has 0 aromatic heterocycles. The highest BCUT2D eigenvalue weighted by Gasteiger charge is 2.38. The molecule has 2 atom stereocenters. The standard InChI is InChI=1S/C18H20.C5H7ClF3N/c1-3-13(2)12-18-16-10-6-4-8-14(16)15-9-5-7-11-17(15)18;1-3(2)10-4(6)5(7,8)9/h4-11,13,18H,3,12H2,1-2H3;4,10H,1H2,2H3. The molecule has 1 aliphatic carbocycles. The highest BCUT2D eigenvalue weighted by Crippen LogP contribution is 2.47. The smallest absolute Gasteiger partial charge is 0.366 e. The van der Waals surface area contributed by atoms with Crippen molar-refractivity contribution < 1.29 is 13.2 Å². The van der Waals surface area contributed by atoms with E-state index in [9.17, 15) is 13.2 Å². The maximum Gasteiger partial charge on any atom is 0.422 e. The molecule has 0 aliphatic heterocycles. The summed E-state index contributed by atoms with van der Waals surface area (Å²) in [6.07, 6.45) is -1.88. The number of hydrogen-bond acceptors (Lipinski definition) is 1. The second-order valence-corrected chi connectivity index (χ2v) is 7.74. The first-order valence-corrected chi connectivity index (χ1v) is 9.89. The molecule has 0 fully saturated rings. The van der Waals surface area contributed by atoms with Gasteiger partial charge < -0.3 is 5.32 Å². The van der Waals surface area contributed by atoms with E-state index in [2.05, 4.69) is 69.0 Å². The van der Waals surface area contributed by atoms with Gasteiger partial charge in [-0.25, -0.2) is 0 Å². The molecule has 1 N–H and O–H groups in total. The summed E-state index contributed by atoms with van der Waals surface area (Å²) in [4.78, 5) is 0. The van der Waals surface area contributed by atoms with Crippen LogP contribution in [0.5, 0.6) is 0 Å². The van der Waals surface area contributed by atoms with Crippen molar-refractivity contribution in [2.75, 3.05) is 0 Å². The number of allylic oxidation sites excluding steroid dienone is 1. The molecule has 1 aliphatic rings. The zero-order chi connectivity index (χ0) is 20.9. The van der Waals surface area contributed by atoms with Gasteiger partial charge in [-0.3, -0.25) is 0 Å². The number of rotatable bonds is 5. The number of hydrogen-bond donors (Lipinski definition) is 1. The maximum absolute atomic E-state index is 11.6. The molecule has 2 unspecified atom stereocenters. The predicted octanol–water partition coefficient (Wildman–Crippen LogP) is 7.47. The molecule has 1 nitrogen and oxygen atoms in total. The second kappa shape index (κ2) is 9.51. The van der Waals surface area contributed by atoms with Crippen molar-refractivity contribution in [3.05, 3.63) is 71.9 Å². The molecule has 0 bridgehead atoms. The summed E-state index contributed by atoms with van der Waals surface area (Å²) in [7, 11) is 0. The summed E-state index contributed by atoms with van der Waals surface area (Å²) in [5, 5.41) is 1.93. The van der Waals surface area contributed by atoms with Crippen LogP contribution in [0.3, 0.4) is 0 Å². The number of fused-ring (bicyclic) bond motifs is 3. The van der Waals surface area contributed by atoms with E-state index in [1.807, 2.05) is 5.32 Å². The molecule has 0 radical (unpaired) electrons. The van der Waals surface area contributed by atoms with Crippen LogP contribution in [-0.4, -0.2) is 11.7 Å². The summed E-state index contributed by atoms with van der Waals surface area (Å²) in [6, 6.07) is 17.8. The predicted molar refractivity (Wildman–Crippen MR) is 111 cm³/mol. The van der Waals surface area contributed by atoms with Crippen LogP contribution in [0.1, 0.15) is 50.7 Å². The quantitative estimate of drug-likeness (QED) is 0.399. The van der Waals surface area contributed by atoms with Crippen molar-refractivity contribution >= 4 is 11.6 Å². The number of nitrogens with one attached hydrogen (secondary N) is 1. The zero-order valence-electron chi connectivity index (χ0n) is 16.5. The van der Waals surface area contributed by atoms with E-state index in [1.54, 1.807) is 0 Å². The summed E-state index contributed by atoms with van der Waals surface area (Å²) < 4.78 is 34.7. The Bertz CT molecular complexity index is 755. The Hall–Kier alpha value is -1.94. The third kappa shape index (κ3) is 5.54. The van der Waals surface area contributed by atoms with Crippen molar-refractivity contribution in [1.29, 1.82) is 0 Å². The molecule has 2 aromatic rings. The van der Waals surface area contributed by atoms with E-state index < -0.39 is 11.7 Å². The van der Waals surface area contributed by atoms with Crippen LogP contribution in [0.15, 0.2) is 60.8 Å². The van der Waals surface area contributed by atoms with Crippen molar-refractivity contribution in [2.24, 2.45) is 5.92 Å². The topological polar surface area (TPSA) is 12.0 Å². The molecule has 0 amide bonds. The van der Waals surface area contributed by atoms with Crippen LogP contribution in [0.25, 0.3) is 11.1 Å². The van der Waals surface area contributed by atoms with Crippen LogP contribution in [0, 0.1) is 5.92 Å². The van der Waals surface area contributed by atoms with Crippen LogP contribution < -0.4 is 5.32 Å². The Morgan fingerprint density at radius 2 is 1.54 bits per heavy atom. The zero-order valence-corrected chi connectivity index (χ0v) is 17.2. The molecule has 0 saturated carbocycles. The minimum Gasteiger partial charge on any atom is -0.366 e. The van der Waals surface area contributed by atoms with E-state index in [4.69, 9.17) is 11.6 Å². The van der Waals surface area contributed by atoms with Crippen molar-refractivity contribution in [3.63, 3.8) is 0 Å². The number of halogens is 4. The summed E-state index contributed by atoms with van der Waals surface area (Å²) in [5.41, 5.74) is 4.10. The summed E-state index contributed by atoms with van der Waals surface area (Å²) >= 11 is 4.85. The minimum absolute atomic E-state index is 0.192. The first-order valence-electron chi connectivity index (χ1n) is 9.46. The fourth-order valence-electron chi connectivity index (χ4n) is 3.38. The lowest BCUT2D eigenvalue weighted by Crippen LogP contribution is -2.36. The molecule has 0 heterocycles. The Balaban J connectivity index is 0.000000242. The molecule has 5 heteroatoms. The fourth-order valence-corrected chi connectivity index (χ4v) is 3.57. The third-order valence-electron chi connectivity index (χ3n) is 4.96. The van der Waals surface area contributed by atoms with E-state index in [0.717, 1.165) is 5.92 Å². The molecule has 2 aromatic carbocycles. The van der Waals surface area contributed by atoms with Gasteiger partial charge in [0.25, 0.3) is 0 Å². The average molecular weight is 410 g/mol. The lowest BCUT2D eigenvalue weighted by molar-refractivity contribution is -0.134. The third-order valence-corrected chi connectivity index (χ3v) is 5.31. The molecule has 152 valence electrons. The second-order valence-electron chi connectivity index (χ2n) is 7.31. The monoisotopic (exact) mass is 409 g/mol. The van der Waals surface area contributed by atoms with Gasteiger partial charge in [0.05, 0.1) is 0 Å². The van der Waals surface area contributed by atoms with Gasteiger partial charge >= 0.3 is 6.18 Å². The van der Waals surface area contributed by atoms with Crippen molar-refractivity contribution in [2.45, 2.75) is 51.2 Å². The SMILES string of the molecule is C=C(C)NC(Cl)C(F)(F)F.CCC(C)CC1c2ccccc2-c2ccccc21. The minimum atomic E-state index is -4.42. The Kier molecular flexibility index (Phi) is 7.59. The first-order chi connectivity index (χ1) is 13.1. The fraction of sp³-hybridized carbons (Fsp3) is 0.391. The highest BCUT2D eigenvalue weighted by atomic mass is 35.5. The largest absolute Gasteiger partial charge is 0.422 e. The average Bonchev–Trinajstić information content (AvgIpc) is 2.95. The summed E-state index contributed by atoms with van der Waals surface area (Å²) in [6.45, 7) is 9.27.